The van der Waals surface area contributed by atoms with E-state index in [9.17, 15) is 4.79 Å². The predicted octanol–water partition coefficient (Wildman–Crippen LogP) is 2.71. The van der Waals surface area contributed by atoms with Crippen LogP contribution in [0.1, 0.15) is 32.6 Å². The zero-order valence-corrected chi connectivity index (χ0v) is 12.8. The predicted molar refractivity (Wildman–Crippen MR) is 86.8 cm³/mol. The molecule has 2 heterocycles. The summed E-state index contributed by atoms with van der Waals surface area (Å²) in [6, 6.07) is 8.86. The molecule has 0 unspecified atom stereocenters. The van der Waals surface area contributed by atoms with Gasteiger partial charge in [-0.1, -0.05) is 13.0 Å². The number of amides is 1. The Kier molecular flexibility index (Phi) is 4.44. The van der Waals surface area contributed by atoms with Crippen LogP contribution in [0.2, 0.25) is 0 Å². The second-order valence-electron chi connectivity index (χ2n) is 6.05. The molecule has 0 radical (unpaired) electrons. The van der Waals surface area contributed by atoms with E-state index in [1.165, 1.54) is 25.9 Å². The summed E-state index contributed by atoms with van der Waals surface area (Å²) in [6.45, 7) is 6.59. The Balaban J connectivity index is 1.62. The van der Waals surface area contributed by atoms with Gasteiger partial charge in [0.1, 0.15) is 0 Å². The van der Waals surface area contributed by atoms with Gasteiger partial charge in [0.25, 0.3) is 0 Å². The van der Waals surface area contributed by atoms with E-state index in [1.54, 1.807) is 0 Å². The molecule has 2 aliphatic heterocycles. The third-order valence-electron chi connectivity index (χ3n) is 4.64. The molecule has 1 aromatic carbocycles. The Morgan fingerprint density at radius 2 is 2.05 bits per heavy atom. The van der Waals surface area contributed by atoms with Crippen molar-refractivity contribution in [1.82, 2.24) is 4.90 Å². The molecule has 0 aromatic heterocycles. The highest BCUT2D eigenvalue weighted by atomic mass is 16.2. The van der Waals surface area contributed by atoms with Gasteiger partial charge >= 0.3 is 0 Å². The smallest absolute Gasteiger partial charge is 0.227 e. The van der Waals surface area contributed by atoms with Crippen molar-refractivity contribution >= 4 is 17.3 Å². The minimum absolute atomic E-state index is 0.253. The zero-order chi connectivity index (χ0) is 14.7. The highest BCUT2D eigenvalue weighted by molar-refractivity contribution is 5.95. The van der Waals surface area contributed by atoms with Crippen LogP contribution in [0, 0.1) is 0 Å². The summed E-state index contributed by atoms with van der Waals surface area (Å²) in [7, 11) is 0. The van der Waals surface area contributed by atoms with Crippen molar-refractivity contribution in [2.45, 2.75) is 38.6 Å². The van der Waals surface area contributed by atoms with Gasteiger partial charge in [-0.3, -0.25) is 4.79 Å². The third kappa shape index (κ3) is 3.38. The first-order valence-electron chi connectivity index (χ1n) is 8.15. The number of hydrogen-bond donors (Lipinski definition) is 1. The quantitative estimate of drug-likeness (QED) is 0.925. The fourth-order valence-electron chi connectivity index (χ4n) is 3.31. The van der Waals surface area contributed by atoms with Crippen molar-refractivity contribution < 1.29 is 4.79 Å². The van der Waals surface area contributed by atoms with Crippen LogP contribution < -0.4 is 10.2 Å². The summed E-state index contributed by atoms with van der Waals surface area (Å²) in [5, 5.41) is 3.64. The van der Waals surface area contributed by atoms with Crippen LogP contribution in [0.25, 0.3) is 0 Å². The van der Waals surface area contributed by atoms with E-state index >= 15 is 0 Å². The number of rotatable bonds is 4. The van der Waals surface area contributed by atoms with Gasteiger partial charge in [-0.25, -0.2) is 0 Å². The van der Waals surface area contributed by atoms with Crippen LogP contribution >= 0.6 is 0 Å². The number of likely N-dealkylation sites (tertiary alicyclic amines) is 1. The number of carbonyl (C=O) groups is 1. The molecule has 4 heteroatoms. The lowest BCUT2D eigenvalue weighted by molar-refractivity contribution is -0.117. The first-order valence-corrected chi connectivity index (χ1v) is 8.15. The minimum Gasteiger partial charge on any atom is -0.382 e. The molecule has 4 nitrogen and oxygen atoms in total. The van der Waals surface area contributed by atoms with Crippen LogP contribution in [-0.2, 0) is 4.79 Å². The summed E-state index contributed by atoms with van der Waals surface area (Å²) >= 11 is 0. The van der Waals surface area contributed by atoms with Gasteiger partial charge in [-0.15, -0.1) is 0 Å². The second-order valence-corrected chi connectivity index (χ2v) is 6.05. The van der Waals surface area contributed by atoms with E-state index in [4.69, 9.17) is 0 Å². The van der Waals surface area contributed by atoms with Crippen LogP contribution in [0.4, 0.5) is 11.4 Å². The van der Waals surface area contributed by atoms with Gasteiger partial charge in [0.2, 0.25) is 5.91 Å². The fraction of sp³-hybridized carbons (Fsp3) is 0.588. The van der Waals surface area contributed by atoms with Crippen molar-refractivity contribution in [3.63, 3.8) is 0 Å². The molecule has 1 N–H and O–H groups in total. The number of nitrogens with one attached hydrogen (secondary N) is 1. The molecular weight excluding hydrogens is 262 g/mol. The molecule has 2 fully saturated rings. The van der Waals surface area contributed by atoms with Crippen molar-refractivity contribution in [2.24, 2.45) is 0 Å². The number of carbonyl (C=O) groups excluding carboxylic acids is 1. The Labute approximate surface area is 127 Å². The van der Waals surface area contributed by atoms with E-state index in [0.717, 1.165) is 30.9 Å². The van der Waals surface area contributed by atoms with Crippen LogP contribution in [-0.4, -0.2) is 43.0 Å². The molecule has 21 heavy (non-hydrogen) atoms. The maximum atomic E-state index is 11.8. The molecular formula is C17H25N3O. The van der Waals surface area contributed by atoms with E-state index in [0.29, 0.717) is 12.5 Å². The van der Waals surface area contributed by atoms with Crippen LogP contribution in [0.5, 0.6) is 0 Å². The summed E-state index contributed by atoms with van der Waals surface area (Å²) in [5.74, 6) is 0.253. The Hall–Kier alpha value is -1.55. The molecule has 1 amide bonds. The highest BCUT2D eigenvalue weighted by Crippen LogP contribution is 2.25. The molecule has 0 bridgehead atoms. The van der Waals surface area contributed by atoms with Gasteiger partial charge in [0.05, 0.1) is 0 Å². The summed E-state index contributed by atoms with van der Waals surface area (Å²) in [5.41, 5.74) is 2.18. The van der Waals surface area contributed by atoms with E-state index in [-0.39, 0.29) is 5.91 Å². The van der Waals surface area contributed by atoms with Crippen molar-refractivity contribution in [2.75, 3.05) is 36.4 Å². The maximum absolute atomic E-state index is 11.8. The Morgan fingerprint density at radius 3 is 2.71 bits per heavy atom. The van der Waals surface area contributed by atoms with Crippen molar-refractivity contribution in [1.29, 1.82) is 0 Å². The summed E-state index contributed by atoms with van der Waals surface area (Å²) in [4.78, 5) is 16.3. The number of nitrogens with zero attached hydrogens (tertiary/aromatic N) is 2. The first-order chi connectivity index (χ1) is 10.3. The fourth-order valence-corrected chi connectivity index (χ4v) is 3.31. The molecule has 0 aliphatic carbocycles. The molecule has 0 atom stereocenters. The molecule has 114 valence electrons. The van der Waals surface area contributed by atoms with E-state index in [1.807, 2.05) is 17.0 Å². The summed E-state index contributed by atoms with van der Waals surface area (Å²) in [6.07, 6.45) is 4.06. The number of anilines is 2. The van der Waals surface area contributed by atoms with Gasteiger partial charge in [-0.2, -0.15) is 0 Å². The maximum Gasteiger partial charge on any atom is 0.227 e. The van der Waals surface area contributed by atoms with Crippen LogP contribution in [0.3, 0.4) is 0 Å². The lowest BCUT2D eigenvalue weighted by atomic mass is 10.0. The largest absolute Gasteiger partial charge is 0.382 e. The van der Waals surface area contributed by atoms with Gasteiger partial charge in [0.15, 0.2) is 0 Å². The average molecular weight is 287 g/mol. The lowest BCUT2D eigenvalue weighted by Crippen LogP contribution is -2.38. The molecule has 0 saturated carbocycles. The average Bonchev–Trinajstić information content (AvgIpc) is 2.94. The van der Waals surface area contributed by atoms with Gasteiger partial charge in [0, 0.05) is 43.5 Å². The number of hydrogen-bond acceptors (Lipinski definition) is 3. The topological polar surface area (TPSA) is 35.6 Å². The molecule has 2 saturated heterocycles. The van der Waals surface area contributed by atoms with Crippen molar-refractivity contribution in [3.05, 3.63) is 24.3 Å². The number of benzene rings is 1. The van der Waals surface area contributed by atoms with E-state index < -0.39 is 0 Å². The first kappa shape index (κ1) is 14.4. The Bertz CT molecular complexity index is 495. The standard InChI is InChI=1S/C17H25N3O/c1-2-19-11-8-14(9-12-19)18-15-5-3-6-16(13-15)20-10-4-7-17(20)21/h3,5-6,13-14,18H,2,4,7-12H2,1H3. The molecule has 0 spiro atoms. The minimum atomic E-state index is 0.253. The summed E-state index contributed by atoms with van der Waals surface area (Å²) < 4.78 is 0. The second kappa shape index (κ2) is 6.48. The Morgan fingerprint density at radius 1 is 1.24 bits per heavy atom. The SMILES string of the molecule is CCN1CCC(Nc2cccc(N3CCCC3=O)c2)CC1. The number of piperidine rings is 1. The van der Waals surface area contributed by atoms with E-state index in [2.05, 4.69) is 29.3 Å². The van der Waals surface area contributed by atoms with Crippen molar-refractivity contribution in [3.8, 4) is 0 Å². The third-order valence-corrected chi connectivity index (χ3v) is 4.64. The normalized spacial score (nSPS) is 21.0. The lowest BCUT2D eigenvalue weighted by Gasteiger charge is -2.32. The van der Waals surface area contributed by atoms with Gasteiger partial charge in [-0.05, 0) is 44.0 Å². The van der Waals surface area contributed by atoms with Crippen LogP contribution in [0.15, 0.2) is 24.3 Å². The monoisotopic (exact) mass is 287 g/mol. The highest BCUT2D eigenvalue weighted by Gasteiger charge is 2.22. The molecule has 2 aliphatic rings. The molecule has 1 aromatic rings. The van der Waals surface area contributed by atoms with Gasteiger partial charge < -0.3 is 15.1 Å². The molecule has 3 rings (SSSR count). The zero-order valence-electron chi connectivity index (χ0n) is 12.8.